The van der Waals surface area contributed by atoms with Crippen molar-refractivity contribution >= 4 is 23.8 Å². The Balaban J connectivity index is 1.52. The zero-order chi connectivity index (χ0) is 23.7. The molecule has 0 saturated carbocycles. The van der Waals surface area contributed by atoms with Gasteiger partial charge in [0.1, 0.15) is 11.6 Å². The number of aliphatic imine (C=N–C) groups is 1. The summed E-state index contributed by atoms with van der Waals surface area (Å²) in [4.78, 5) is 19.6. The summed E-state index contributed by atoms with van der Waals surface area (Å²) in [6.07, 6.45) is 4.17. The van der Waals surface area contributed by atoms with Crippen LogP contribution in [0.3, 0.4) is 0 Å². The van der Waals surface area contributed by atoms with Gasteiger partial charge in [0.25, 0.3) is 0 Å². The lowest BCUT2D eigenvalue weighted by molar-refractivity contribution is -0.129. The molecule has 2 aliphatic rings. The van der Waals surface area contributed by atoms with E-state index < -0.39 is 5.97 Å². The molecule has 0 spiro atoms. The molecule has 5 rings (SSSR count). The first kappa shape index (κ1) is 21.9. The van der Waals surface area contributed by atoms with Crippen LogP contribution in [0, 0.1) is 6.92 Å². The standard InChI is InChI=1S/C27H28N4O3/c1-18(2)33-22-13-11-20(12-14-22)25-28-24(27(32)34-25)17-23-19(3)29-31(21-9-5-4-6-10-21)26(23)30-15-7-8-16-30/h4-6,9-14,17-18H,7-8,15-16H2,1-3H3/b24-17+. The molecule has 0 radical (unpaired) electrons. The predicted molar refractivity (Wildman–Crippen MR) is 133 cm³/mol. The number of hydrogen-bond donors (Lipinski definition) is 0. The van der Waals surface area contributed by atoms with Gasteiger partial charge in [0.05, 0.1) is 17.5 Å². The molecule has 7 heteroatoms. The molecule has 0 amide bonds. The molecule has 1 aromatic heterocycles. The lowest BCUT2D eigenvalue weighted by atomic mass is 10.2. The van der Waals surface area contributed by atoms with Crippen LogP contribution in [0.1, 0.15) is 43.5 Å². The van der Waals surface area contributed by atoms with Crippen molar-refractivity contribution in [3.05, 3.63) is 77.1 Å². The second-order valence-electron chi connectivity index (χ2n) is 8.79. The van der Waals surface area contributed by atoms with E-state index in [4.69, 9.17) is 14.6 Å². The number of carbonyl (C=O) groups excluding carboxylic acids is 1. The normalized spacial score (nSPS) is 16.9. The lowest BCUT2D eigenvalue weighted by Gasteiger charge is -2.20. The van der Waals surface area contributed by atoms with Crippen molar-refractivity contribution in [2.24, 2.45) is 4.99 Å². The first-order valence-electron chi connectivity index (χ1n) is 11.7. The third kappa shape index (κ3) is 4.33. The molecule has 2 aromatic carbocycles. The van der Waals surface area contributed by atoms with Crippen LogP contribution >= 0.6 is 0 Å². The summed E-state index contributed by atoms with van der Waals surface area (Å²) in [6.45, 7) is 7.83. The maximum absolute atomic E-state index is 12.7. The third-order valence-corrected chi connectivity index (χ3v) is 5.86. The molecule has 0 aliphatic carbocycles. The smallest absolute Gasteiger partial charge is 0.363 e. The van der Waals surface area contributed by atoms with E-state index in [-0.39, 0.29) is 11.8 Å². The number of aryl methyl sites for hydroxylation is 1. The molecule has 3 heterocycles. The van der Waals surface area contributed by atoms with E-state index in [0.29, 0.717) is 5.90 Å². The Morgan fingerprint density at radius 3 is 2.41 bits per heavy atom. The van der Waals surface area contributed by atoms with Gasteiger partial charge in [-0.1, -0.05) is 18.2 Å². The van der Waals surface area contributed by atoms with Crippen LogP contribution in [0.4, 0.5) is 5.82 Å². The molecular formula is C27H28N4O3. The number of nitrogens with zero attached hydrogens (tertiary/aromatic N) is 4. The highest BCUT2D eigenvalue weighted by Crippen LogP contribution is 2.33. The Kier molecular flexibility index (Phi) is 5.92. The predicted octanol–water partition coefficient (Wildman–Crippen LogP) is 4.91. The minimum Gasteiger partial charge on any atom is -0.491 e. The molecule has 174 valence electrons. The first-order chi connectivity index (χ1) is 16.5. The highest BCUT2D eigenvalue weighted by atomic mass is 16.6. The van der Waals surface area contributed by atoms with E-state index in [9.17, 15) is 4.79 Å². The molecule has 7 nitrogen and oxygen atoms in total. The maximum atomic E-state index is 12.7. The van der Waals surface area contributed by atoms with Gasteiger partial charge in [-0.2, -0.15) is 5.10 Å². The summed E-state index contributed by atoms with van der Waals surface area (Å²) in [5.41, 5.74) is 3.71. The lowest BCUT2D eigenvalue weighted by Crippen LogP contribution is -2.22. The summed E-state index contributed by atoms with van der Waals surface area (Å²) >= 11 is 0. The first-order valence-corrected chi connectivity index (χ1v) is 11.7. The Bertz CT molecular complexity index is 1250. The quantitative estimate of drug-likeness (QED) is 0.389. The number of hydrogen-bond acceptors (Lipinski definition) is 6. The fourth-order valence-electron chi connectivity index (χ4n) is 4.30. The van der Waals surface area contributed by atoms with Gasteiger partial charge in [-0.15, -0.1) is 0 Å². The van der Waals surface area contributed by atoms with Crippen molar-refractivity contribution in [3.63, 3.8) is 0 Å². The molecule has 0 bridgehead atoms. The Labute approximate surface area is 199 Å². The minimum atomic E-state index is -0.461. The highest BCUT2D eigenvalue weighted by molar-refractivity contribution is 6.13. The monoisotopic (exact) mass is 456 g/mol. The molecule has 0 N–H and O–H groups in total. The second kappa shape index (κ2) is 9.17. The number of rotatable bonds is 6. The van der Waals surface area contributed by atoms with Crippen LogP contribution in [-0.4, -0.2) is 40.8 Å². The maximum Gasteiger partial charge on any atom is 0.363 e. The number of cyclic esters (lactones) is 1. The zero-order valence-electron chi connectivity index (χ0n) is 19.7. The fourth-order valence-corrected chi connectivity index (χ4v) is 4.30. The minimum absolute atomic E-state index is 0.0897. The number of benzene rings is 2. The molecule has 3 aromatic rings. The van der Waals surface area contributed by atoms with Crippen LogP contribution in [-0.2, 0) is 9.53 Å². The van der Waals surface area contributed by atoms with Crippen molar-refractivity contribution in [1.82, 2.24) is 9.78 Å². The summed E-state index contributed by atoms with van der Waals surface area (Å²) in [6, 6.07) is 17.5. The Morgan fingerprint density at radius 1 is 1.03 bits per heavy atom. The van der Waals surface area contributed by atoms with E-state index in [2.05, 4.69) is 9.89 Å². The largest absolute Gasteiger partial charge is 0.491 e. The fraction of sp³-hybridized carbons (Fsp3) is 0.296. The SMILES string of the molecule is Cc1nn(-c2ccccc2)c(N2CCCC2)c1/C=C1/N=C(c2ccc(OC(C)C)cc2)OC1=O. The number of ether oxygens (including phenoxy) is 2. The van der Waals surface area contributed by atoms with Crippen LogP contribution < -0.4 is 9.64 Å². The van der Waals surface area contributed by atoms with Gasteiger partial charge in [-0.05, 0) is 76.1 Å². The number of para-hydroxylation sites is 1. The van der Waals surface area contributed by atoms with Crippen LogP contribution in [0.5, 0.6) is 5.75 Å². The number of carbonyl (C=O) groups is 1. The van der Waals surface area contributed by atoms with Crippen molar-refractivity contribution in [2.45, 2.75) is 39.7 Å². The second-order valence-corrected chi connectivity index (χ2v) is 8.79. The molecule has 0 atom stereocenters. The molecule has 0 unspecified atom stereocenters. The summed E-state index contributed by atoms with van der Waals surface area (Å²) < 4.78 is 13.2. The van der Waals surface area contributed by atoms with Gasteiger partial charge in [0, 0.05) is 24.2 Å². The van der Waals surface area contributed by atoms with Crippen LogP contribution in [0.2, 0.25) is 0 Å². The van der Waals surface area contributed by atoms with Crippen LogP contribution in [0.15, 0.2) is 65.3 Å². The van der Waals surface area contributed by atoms with Gasteiger partial charge < -0.3 is 14.4 Å². The van der Waals surface area contributed by atoms with Crippen LogP contribution in [0.25, 0.3) is 11.8 Å². The van der Waals surface area contributed by atoms with E-state index in [0.717, 1.165) is 60.0 Å². The third-order valence-electron chi connectivity index (χ3n) is 5.86. The van der Waals surface area contributed by atoms with Crippen molar-refractivity contribution in [3.8, 4) is 11.4 Å². The number of aromatic nitrogens is 2. The summed E-state index contributed by atoms with van der Waals surface area (Å²) in [5.74, 6) is 1.58. The highest BCUT2D eigenvalue weighted by Gasteiger charge is 2.28. The van der Waals surface area contributed by atoms with Gasteiger partial charge in [0.2, 0.25) is 5.90 Å². The van der Waals surface area contributed by atoms with E-state index in [1.807, 2.05) is 80.1 Å². The Morgan fingerprint density at radius 2 is 1.74 bits per heavy atom. The summed E-state index contributed by atoms with van der Waals surface area (Å²) in [5, 5.41) is 4.82. The van der Waals surface area contributed by atoms with E-state index in [1.165, 1.54) is 0 Å². The van der Waals surface area contributed by atoms with Crippen molar-refractivity contribution < 1.29 is 14.3 Å². The van der Waals surface area contributed by atoms with E-state index >= 15 is 0 Å². The number of anilines is 1. The number of esters is 1. The van der Waals surface area contributed by atoms with E-state index in [1.54, 1.807) is 6.08 Å². The Hall–Kier alpha value is -3.87. The average Bonchev–Trinajstić information content (AvgIpc) is 3.55. The zero-order valence-corrected chi connectivity index (χ0v) is 19.7. The molecule has 1 saturated heterocycles. The van der Waals surface area contributed by atoms with Gasteiger partial charge in [0.15, 0.2) is 5.70 Å². The molecule has 2 aliphatic heterocycles. The topological polar surface area (TPSA) is 69.0 Å². The molecule has 1 fully saturated rings. The summed E-state index contributed by atoms with van der Waals surface area (Å²) in [7, 11) is 0. The van der Waals surface area contributed by atoms with Gasteiger partial charge in [-0.3, -0.25) is 0 Å². The average molecular weight is 457 g/mol. The van der Waals surface area contributed by atoms with Crippen molar-refractivity contribution in [2.75, 3.05) is 18.0 Å². The van der Waals surface area contributed by atoms with Crippen molar-refractivity contribution in [1.29, 1.82) is 0 Å². The van der Waals surface area contributed by atoms with Gasteiger partial charge in [-0.25, -0.2) is 14.5 Å². The van der Waals surface area contributed by atoms with Gasteiger partial charge >= 0.3 is 5.97 Å². The molecule has 34 heavy (non-hydrogen) atoms. The molecular weight excluding hydrogens is 428 g/mol.